The van der Waals surface area contributed by atoms with Crippen LogP contribution in [0.3, 0.4) is 0 Å². The molecule has 0 spiro atoms. The topological polar surface area (TPSA) is 95.9 Å². The van der Waals surface area contributed by atoms with Crippen molar-refractivity contribution in [3.8, 4) is 0 Å². The second kappa shape index (κ2) is 34.9. The Balaban J connectivity index is 0.000000506. The quantitative estimate of drug-likeness (QED) is 0.0270. The predicted molar refractivity (Wildman–Crippen MR) is 254 cm³/mol. The van der Waals surface area contributed by atoms with Crippen molar-refractivity contribution in [2.75, 3.05) is 25.4 Å². The molecule has 0 radical (unpaired) electrons. The Morgan fingerprint density at radius 1 is 0.576 bits per heavy atom. The smallest absolute Gasteiger partial charge is 0.0967 e. The number of nitrogens with one attached hydrogen (secondary N) is 1. The number of carbonyl (C=O) groups is 1. The SMILES string of the molecule is CC(C)O.CC(C)OC(=O)c1ccccc1.OCc1ccccc1.[CH-]=O.[Cl][RuH+2].c1ccc([PH+](CCNCC[PH+](c2ccccc2)c2ccccc2)c2ccccc2)cc1. The maximum atomic E-state index is 11.2. The molecule has 0 aromatic heterocycles. The van der Waals surface area contributed by atoms with Crippen LogP contribution in [0.4, 0.5) is 0 Å². The van der Waals surface area contributed by atoms with E-state index in [2.05, 4.69) is 143 Å². The fourth-order valence-corrected chi connectivity index (χ4v) is 10.5. The van der Waals surface area contributed by atoms with Gasteiger partial charge in [0.05, 0.1) is 67.7 Å². The Hall–Kier alpha value is -3.89. The van der Waals surface area contributed by atoms with Crippen LogP contribution in [0.15, 0.2) is 182 Å². The average molecular weight is 942 g/mol. The molecule has 0 unspecified atom stereocenters. The van der Waals surface area contributed by atoms with Crippen LogP contribution in [0.5, 0.6) is 0 Å². The molecule has 0 saturated heterocycles. The first-order chi connectivity index (χ1) is 28.8. The summed E-state index contributed by atoms with van der Waals surface area (Å²) in [4.78, 5) is 19.0. The fraction of sp³-hybridized carbons (Fsp3) is 0.224. The van der Waals surface area contributed by atoms with Gasteiger partial charge in [-0.05, 0) is 93.9 Å². The molecule has 6 aromatic carbocycles. The van der Waals surface area contributed by atoms with Crippen molar-refractivity contribution >= 4 is 59.5 Å². The monoisotopic (exact) mass is 942 g/mol. The molecule has 6 aromatic rings. The molecular formula is C49H61ClNO5P2Ru+3. The third-order valence-electron chi connectivity index (χ3n) is 7.97. The van der Waals surface area contributed by atoms with E-state index in [9.17, 15) is 4.79 Å². The van der Waals surface area contributed by atoms with Gasteiger partial charge in [0.15, 0.2) is 0 Å². The zero-order chi connectivity index (χ0) is 43.5. The van der Waals surface area contributed by atoms with E-state index in [1.54, 1.807) is 43.3 Å². The van der Waals surface area contributed by atoms with E-state index in [0.29, 0.717) is 5.56 Å². The zero-order valence-electron chi connectivity index (χ0n) is 34.5. The first-order valence-corrected chi connectivity index (χ1v) is 25.2. The summed E-state index contributed by atoms with van der Waals surface area (Å²) < 4.78 is 5.00. The summed E-state index contributed by atoms with van der Waals surface area (Å²) in [5.41, 5.74) is 1.57. The molecule has 314 valence electrons. The van der Waals surface area contributed by atoms with Gasteiger partial charge in [-0.15, -0.1) is 0 Å². The summed E-state index contributed by atoms with van der Waals surface area (Å²) in [6, 6.07) is 62.7. The number of esters is 1. The van der Waals surface area contributed by atoms with E-state index in [1.807, 2.05) is 62.4 Å². The van der Waals surface area contributed by atoms with Crippen molar-refractivity contribution in [3.05, 3.63) is 193 Å². The Morgan fingerprint density at radius 2 is 0.847 bits per heavy atom. The van der Waals surface area contributed by atoms with Gasteiger partial charge < -0.3 is 25.1 Å². The summed E-state index contributed by atoms with van der Waals surface area (Å²) in [5.74, 6) is -0.259. The minimum absolute atomic E-state index is 0.0577. The van der Waals surface area contributed by atoms with Gasteiger partial charge in [0, 0.05) is 19.2 Å². The van der Waals surface area contributed by atoms with Crippen LogP contribution in [0.25, 0.3) is 0 Å². The Labute approximate surface area is 369 Å². The third-order valence-corrected chi connectivity index (χ3v) is 13.6. The van der Waals surface area contributed by atoms with Crippen LogP contribution in [0.2, 0.25) is 0 Å². The van der Waals surface area contributed by atoms with Crippen molar-refractivity contribution in [2.24, 2.45) is 0 Å². The maximum Gasteiger partial charge on any atom is 0.0967 e. The van der Waals surface area contributed by atoms with E-state index in [4.69, 9.17) is 19.7 Å². The van der Waals surface area contributed by atoms with Crippen LogP contribution in [0.1, 0.15) is 43.6 Å². The Kier molecular flexibility index (Phi) is 31.5. The molecule has 0 aliphatic rings. The van der Waals surface area contributed by atoms with Crippen LogP contribution in [0, 0.1) is 0 Å². The minimum Gasteiger partial charge on any atom is -0.310 e. The van der Waals surface area contributed by atoms with Crippen molar-refractivity contribution in [1.82, 2.24) is 5.32 Å². The van der Waals surface area contributed by atoms with E-state index < -0.39 is 15.8 Å². The fourth-order valence-electron chi connectivity index (χ4n) is 5.46. The third kappa shape index (κ3) is 24.1. The van der Waals surface area contributed by atoms with Gasteiger partial charge in [0.1, 0.15) is 0 Å². The minimum atomic E-state index is -0.758. The van der Waals surface area contributed by atoms with Crippen molar-refractivity contribution < 1.29 is 41.9 Å². The Bertz CT molecular complexity index is 1680. The van der Waals surface area contributed by atoms with Gasteiger partial charge >= 0.3 is 33.0 Å². The van der Waals surface area contributed by atoms with Crippen LogP contribution in [-0.4, -0.2) is 60.6 Å². The van der Waals surface area contributed by atoms with Crippen LogP contribution < -0.4 is 26.5 Å². The van der Waals surface area contributed by atoms with Gasteiger partial charge in [-0.1, -0.05) is 121 Å². The van der Waals surface area contributed by atoms with Crippen molar-refractivity contribution in [1.29, 1.82) is 0 Å². The average Bonchev–Trinajstić information content (AvgIpc) is 3.29. The number of halogens is 1. The summed E-state index contributed by atoms with van der Waals surface area (Å²) in [6.45, 7) is 12.6. The summed E-state index contributed by atoms with van der Waals surface area (Å²) in [6.07, 6.45) is 2.19. The molecule has 10 heteroatoms. The summed E-state index contributed by atoms with van der Waals surface area (Å²) in [7, 11) is 3.09. The Morgan fingerprint density at radius 3 is 1.10 bits per heavy atom. The molecule has 0 aliphatic carbocycles. The second-order valence-electron chi connectivity index (χ2n) is 13.2. The number of ether oxygens (including phenoxy) is 1. The van der Waals surface area contributed by atoms with Gasteiger partial charge in [-0.3, -0.25) is 6.79 Å². The van der Waals surface area contributed by atoms with E-state index in [1.165, 1.54) is 33.5 Å². The molecule has 6 nitrogen and oxygen atoms in total. The molecule has 0 heterocycles. The molecular weight excluding hydrogens is 881 g/mol. The van der Waals surface area contributed by atoms with Gasteiger partial charge in [0.2, 0.25) is 0 Å². The van der Waals surface area contributed by atoms with Crippen molar-refractivity contribution in [3.63, 3.8) is 0 Å². The van der Waals surface area contributed by atoms with E-state index in [-0.39, 0.29) is 24.8 Å². The number of hydrogen-bond donors (Lipinski definition) is 3. The summed E-state index contributed by atoms with van der Waals surface area (Å²) in [5, 5.41) is 26.4. The number of hydrogen-bond acceptors (Lipinski definition) is 6. The van der Waals surface area contributed by atoms with E-state index >= 15 is 0 Å². The number of rotatable bonds is 13. The predicted octanol–water partition coefficient (Wildman–Crippen LogP) is 8.27. The van der Waals surface area contributed by atoms with Gasteiger partial charge in [0.25, 0.3) is 0 Å². The molecule has 0 amide bonds. The number of carbonyl (C=O) groups excluding carboxylic acids is 2. The van der Waals surface area contributed by atoms with Gasteiger partial charge in [-0.25, -0.2) is 4.79 Å². The molecule has 0 fully saturated rings. The second-order valence-corrected chi connectivity index (χ2v) is 18.5. The molecule has 6 rings (SSSR count). The van der Waals surface area contributed by atoms with Crippen LogP contribution in [-0.2, 0) is 33.4 Å². The maximum absolute atomic E-state index is 11.2. The number of benzene rings is 6. The number of aliphatic hydroxyl groups excluding tert-OH is 2. The van der Waals surface area contributed by atoms with E-state index in [0.717, 1.165) is 18.7 Å². The molecule has 0 atom stereocenters. The largest absolute Gasteiger partial charge is 0.310 e. The number of aliphatic hydroxyl groups is 2. The first-order valence-electron chi connectivity index (χ1n) is 19.4. The summed E-state index contributed by atoms with van der Waals surface area (Å²) >= 11 is 1.62. The molecule has 0 saturated carbocycles. The van der Waals surface area contributed by atoms with Crippen LogP contribution >= 0.6 is 25.5 Å². The standard InChI is InChI=1S/C28H29NP2.C10H12O2.C7H8O.C3H8O.CHO.ClH.Ru.H/c1-5-13-25(14-6-1)30(26-15-7-2-8-16-26)23-21-29-22-24-31(27-17-9-3-10-18-27)28-19-11-4-12-20-28;1-8(2)12-10(11)9-6-4-3-5-7-9;8-6-7-4-2-1-3-5-7;1-3(2)4;1-2;;;/h1-20,29H,21-24H2;3-8H,1-2H3;1-5,8H,6H2;3-4H,1-2H3;1H;1H;;/q;;;;-1;;+3;/p+1. The first kappa shape index (κ1) is 53.1. The normalized spacial score (nSPS) is 9.90. The molecule has 3 N–H and O–H groups in total. The molecule has 0 bridgehead atoms. The molecule has 59 heavy (non-hydrogen) atoms. The van der Waals surface area contributed by atoms with Crippen molar-refractivity contribution in [2.45, 2.75) is 46.5 Å². The van der Waals surface area contributed by atoms with Gasteiger partial charge in [-0.2, -0.15) is 0 Å². The zero-order valence-corrected chi connectivity index (χ0v) is 39.1. The molecule has 0 aliphatic heterocycles.